The number of hydrogen-bond acceptors (Lipinski definition) is 5. The smallest absolute Gasteiger partial charge is 0.337 e. The summed E-state index contributed by atoms with van der Waals surface area (Å²) in [5, 5.41) is 9.64. The van der Waals surface area contributed by atoms with Crippen LogP contribution in [0.5, 0.6) is 0 Å². The Morgan fingerprint density at radius 2 is 1.92 bits per heavy atom. The van der Waals surface area contributed by atoms with Gasteiger partial charge < -0.3 is 5.11 Å². The molecule has 0 radical (unpaired) electrons. The predicted molar refractivity (Wildman–Crippen MR) is 100 cm³/mol. The standard InChI is InChI=1S/C16H12ClN3O4S2/c17-11-6-7-12(16(21)22)14(9-11)20(26(23)24)15-13(18-25-19-15)8-10-4-2-1-3-5-10/h1-7,9H,8H2,(H,21,22)(H,23,24). The number of carboxylic acids is 1. The normalized spacial score (nSPS) is 11.9. The molecule has 0 spiro atoms. The molecule has 0 saturated heterocycles. The number of carbonyl (C=O) groups is 1. The number of aromatic carboxylic acids is 1. The maximum atomic E-state index is 12.0. The maximum absolute atomic E-state index is 12.0. The first-order valence-corrected chi connectivity index (χ1v) is 9.44. The Labute approximate surface area is 160 Å². The molecule has 10 heteroatoms. The molecule has 0 saturated carbocycles. The van der Waals surface area contributed by atoms with Crippen LogP contribution in [-0.2, 0) is 17.7 Å². The van der Waals surface area contributed by atoms with Crippen molar-refractivity contribution in [3.05, 3.63) is 70.4 Å². The van der Waals surface area contributed by atoms with Gasteiger partial charge in [0.2, 0.25) is 0 Å². The van der Waals surface area contributed by atoms with Gasteiger partial charge in [-0.1, -0.05) is 41.9 Å². The zero-order valence-corrected chi connectivity index (χ0v) is 15.5. The summed E-state index contributed by atoms with van der Waals surface area (Å²) in [6, 6.07) is 13.4. The molecule has 0 bridgehead atoms. The first-order chi connectivity index (χ1) is 12.5. The number of nitrogens with zero attached hydrogens (tertiary/aromatic N) is 3. The summed E-state index contributed by atoms with van der Waals surface area (Å²) in [7, 11) is 0. The SMILES string of the molecule is O=C(O)c1ccc(Cl)cc1N(c1nsnc1Cc1ccccc1)S(=O)O. The third-order valence-corrected chi connectivity index (χ3v) is 4.98. The van der Waals surface area contributed by atoms with Crippen LogP contribution in [0.15, 0.2) is 48.5 Å². The van der Waals surface area contributed by atoms with E-state index >= 15 is 0 Å². The average Bonchev–Trinajstić information content (AvgIpc) is 3.03. The van der Waals surface area contributed by atoms with E-state index in [2.05, 4.69) is 8.75 Å². The van der Waals surface area contributed by atoms with Crippen LogP contribution in [0, 0.1) is 0 Å². The number of anilines is 2. The highest BCUT2D eigenvalue weighted by Crippen LogP contribution is 2.34. The second kappa shape index (κ2) is 7.92. The molecule has 0 aliphatic carbocycles. The Morgan fingerprint density at radius 1 is 1.19 bits per heavy atom. The minimum absolute atomic E-state index is 0.0344. The van der Waals surface area contributed by atoms with Crippen molar-refractivity contribution in [3.8, 4) is 0 Å². The number of carboxylic acid groups (broad SMARTS) is 1. The average molecular weight is 410 g/mol. The summed E-state index contributed by atoms with van der Waals surface area (Å²) in [4.78, 5) is 11.5. The number of rotatable bonds is 6. The number of hydrogen-bond donors (Lipinski definition) is 2. The van der Waals surface area contributed by atoms with Gasteiger partial charge in [0, 0.05) is 11.4 Å². The lowest BCUT2D eigenvalue weighted by molar-refractivity contribution is 0.0698. The lowest BCUT2D eigenvalue weighted by Gasteiger charge is -2.20. The fraction of sp³-hybridized carbons (Fsp3) is 0.0625. The van der Waals surface area contributed by atoms with Crippen molar-refractivity contribution in [2.75, 3.05) is 4.31 Å². The number of halogens is 1. The van der Waals surface area contributed by atoms with Gasteiger partial charge in [0.1, 0.15) is 5.69 Å². The van der Waals surface area contributed by atoms with Crippen molar-refractivity contribution in [3.63, 3.8) is 0 Å². The van der Waals surface area contributed by atoms with Gasteiger partial charge in [-0.15, -0.1) is 0 Å². The molecule has 0 amide bonds. The van der Waals surface area contributed by atoms with Crippen molar-refractivity contribution in [2.24, 2.45) is 0 Å². The van der Waals surface area contributed by atoms with Gasteiger partial charge in [-0.3, -0.25) is 4.55 Å². The largest absolute Gasteiger partial charge is 0.478 e. The van der Waals surface area contributed by atoms with Crippen LogP contribution < -0.4 is 4.31 Å². The monoisotopic (exact) mass is 409 g/mol. The van der Waals surface area contributed by atoms with Crippen LogP contribution in [0.4, 0.5) is 11.5 Å². The summed E-state index contributed by atoms with van der Waals surface area (Å²) in [6.07, 6.45) is 0.378. The van der Waals surface area contributed by atoms with Crippen LogP contribution in [0.25, 0.3) is 0 Å². The lowest BCUT2D eigenvalue weighted by Crippen LogP contribution is -2.23. The van der Waals surface area contributed by atoms with Crippen molar-refractivity contribution < 1.29 is 18.7 Å². The molecule has 1 aromatic heterocycles. The molecule has 3 aromatic rings. The van der Waals surface area contributed by atoms with Crippen LogP contribution in [0.3, 0.4) is 0 Å². The molecule has 26 heavy (non-hydrogen) atoms. The highest BCUT2D eigenvalue weighted by Gasteiger charge is 2.27. The maximum Gasteiger partial charge on any atom is 0.337 e. The van der Waals surface area contributed by atoms with E-state index in [0.29, 0.717) is 12.1 Å². The van der Waals surface area contributed by atoms with E-state index < -0.39 is 17.2 Å². The molecule has 0 fully saturated rings. The van der Waals surface area contributed by atoms with Crippen molar-refractivity contribution in [2.45, 2.75) is 6.42 Å². The first kappa shape index (κ1) is 18.5. The van der Waals surface area contributed by atoms with Gasteiger partial charge in [-0.25, -0.2) is 13.3 Å². The first-order valence-electron chi connectivity index (χ1n) is 7.26. The topological polar surface area (TPSA) is 104 Å². The van der Waals surface area contributed by atoms with Crippen LogP contribution >= 0.6 is 23.3 Å². The van der Waals surface area contributed by atoms with Crippen molar-refractivity contribution >= 4 is 52.1 Å². The minimum atomic E-state index is -2.57. The molecule has 2 aromatic carbocycles. The van der Waals surface area contributed by atoms with E-state index in [1.54, 1.807) is 0 Å². The third kappa shape index (κ3) is 3.91. The fourth-order valence-electron chi connectivity index (χ4n) is 2.38. The van der Waals surface area contributed by atoms with E-state index in [4.69, 9.17) is 11.6 Å². The van der Waals surface area contributed by atoms with Crippen LogP contribution in [0.2, 0.25) is 5.02 Å². The molecule has 3 rings (SSSR count). The van der Waals surface area contributed by atoms with Gasteiger partial charge in [0.05, 0.1) is 23.0 Å². The molecule has 1 unspecified atom stereocenters. The second-order valence-electron chi connectivity index (χ2n) is 5.19. The van der Waals surface area contributed by atoms with Crippen LogP contribution in [0.1, 0.15) is 21.6 Å². The van der Waals surface area contributed by atoms with E-state index in [1.807, 2.05) is 30.3 Å². The van der Waals surface area contributed by atoms with E-state index in [1.165, 1.54) is 18.2 Å². The quantitative estimate of drug-likeness (QED) is 0.601. The summed E-state index contributed by atoms with van der Waals surface area (Å²) in [5.41, 5.74) is 1.19. The molecule has 0 aliphatic rings. The summed E-state index contributed by atoms with van der Waals surface area (Å²) in [6.45, 7) is 0. The van der Waals surface area contributed by atoms with Gasteiger partial charge in [0.25, 0.3) is 11.3 Å². The molecular formula is C16H12ClN3O4S2. The van der Waals surface area contributed by atoms with E-state index in [9.17, 15) is 18.7 Å². The van der Waals surface area contributed by atoms with E-state index in [0.717, 1.165) is 21.6 Å². The fourth-order valence-corrected chi connectivity index (χ4v) is 3.76. The Bertz CT molecular complexity index is 965. The van der Waals surface area contributed by atoms with Gasteiger partial charge in [0.15, 0.2) is 5.82 Å². The van der Waals surface area contributed by atoms with Crippen molar-refractivity contribution in [1.82, 2.24) is 8.75 Å². The highest BCUT2D eigenvalue weighted by molar-refractivity contribution is 7.81. The molecule has 0 aliphatic heterocycles. The predicted octanol–water partition coefficient (Wildman–Crippen LogP) is 3.76. The zero-order valence-electron chi connectivity index (χ0n) is 13.1. The minimum Gasteiger partial charge on any atom is -0.478 e. The third-order valence-electron chi connectivity index (χ3n) is 3.51. The summed E-state index contributed by atoms with van der Waals surface area (Å²) in [5.74, 6) is -1.13. The highest BCUT2D eigenvalue weighted by atomic mass is 35.5. The summed E-state index contributed by atoms with van der Waals surface area (Å²) >= 11 is 4.27. The van der Waals surface area contributed by atoms with Crippen LogP contribution in [-0.4, -0.2) is 28.6 Å². The van der Waals surface area contributed by atoms with E-state index in [-0.39, 0.29) is 22.1 Å². The summed E-state index contributed by atoms with van der Waals surface area (Å²) < 4.78 is 31.1. The van der Waals surface area contributed by atoms with Gasteiger partial charge in [-0.05, 0) is 23.8 Å². The molecular weight excluding hydrogens is 398 g/mol. The molecule has 2 N–H and O–H groups in total. The Morgan fingerprint density at radius 3 is 2.58 bits per heavy atom. The molecule has 1 atom stereocenters. The Kier molecular flexibility index (Phi) is 5.62. The second-order valence-corrected chi connectivity index (χ2v) is 6.98. The number of benzene rings is 2. The Balaban J connectivity index is 2.09. The lowest BCUT2D eigenvalue weighted by atomic mass is 10.1. The molecule has 1 heterocycles. The number of aromatic nitrogens is 2. The molecule has 7 nitrogen and oxygen atoms in total. The van der Waals surface area contributed by atoms with Crippen molar-refractivity contribution in [1.29, 1.82) is 0 Å². The van der Waals surface area contributed by atoms with Gasteiger partial charge >= 0.3 is 5.97 Å². The van der Waals surface area contributed by atoms with Gasteiger partial charge in [-0.2, -0.15) is 8.75 Å². The zero-order chi connectivity index (χ0) is 18.7. The molecule has 134 valence electrons. The Hall–Kier alpha value is -2.33.